The molecule has 0 saturated carbocycles. The fourth-order valence-corrected chi connectivity index (χ4v) is 2.63. The normalized spacial score (nSPS) is 14.9. The molecule has 30 heavy (non-hydrogen) atoms. The minimum absolute atomic E-state index is 0.0281. The molecule has 1 unspecified atom stereocenters. The van der Waals surface area contributed by atoms with Crippen LogP contribution in [-0.4, -0.2) is 48.0 Å². The lowest BCUT2D eigenvalue weighted by atomic mass is 10.1. The molecule has 3 rings (SSSR count). The second-order valence-corrected chi connectivity index (χ2v) is 6.49. The Morgan fingerprint density at radius 2 is 1.83 bits per heavy atom. The minimum Gasteiger partial charge on any atom is -0.490 e. The van der Waals surface area contributed by atoms with Crippen LogP contribution in [0.25, 0.3) is 0 Å². The highest BCUT2D eigenvalue weighted by molar-refractivity contribution is 5.96. The number of cyclic esters (lactones) is 1. The number of aliphatic carboxylic acids is 1. The Bertz CT molecular complexity index is 938. The number of rotatable bonds is 6. The Morgan fingerprint density at radius 1 is 1.20 bits per heavy atom. The summed E-state index contributed by atoms with van der Waals surface area (Å²) in [5.41, 5.74) is 7.26. The van der Waals surface area contributed by atoms with Crippen molar-refractivity contribution in [1.29, 1.82) is 5.41 Å². The second kappa shape index (κ2) is 10.1. The molecule has 9 nitrogen and oxygen atoms in total. The lowest BCUT2D eigenvalue weighted by Gasteiger charge is -2.14. The van der Waals surface area contributed by atoms with Crippen molar-refractivity contribution in [3.05, 3.63) is 59.7 Å². The number of hydrogen-bond acceptors (Lipinski definition) is 6. The van der Waals surface area contributed by atoms with Crippen LogP contribution in [0.3, 0.4) is 0 Å². The first-order chi connectivity index (χ1) is 14.2. The third-order valence-corrected chi connectivity index (χ3v) is 4.04. The van der Waals surface area contributed by atoms with E-state index in [0.717, 1.165) is 6.92 Å². The van der Waals surface area contributed by atoms with Crippen molar-refractivity contribution in [2.24, 2.45) is 5.73 Å². The molecule has 4 N–H and O–H groups in total. The number of carboxylic acids is 1. The number of Topliss-reactive ketones (excluding diaryl/α,β-unsaturated/α-hetero) is 1. The van der Waals surface area contributed by atoms with Gasteiger partial charge >= 0.3 is 6.09 Å². The quantitative estimate of drug-likeness (QED) is 0.375. The number of anilines is 1. The molecule has 0 aromatic heterocycles. The van der Waals surface area contributed by atoms with Gasteiger partial charge in [-0.3, -0.25) is 19.9 Å². The number of carbonyl (C=O) groups excluding carboxylic acids is 2. The number of nitrogen functional groups attached to an aromatic ring is 1. The molecule has 158 valence electrons. The van der Waals surface area contributed by atoms with Gasteiger partial charge in [0, 0.05) is 23.7 Å². The first-order valence-corrected chi connectivity index (χ1v) is 9.03. The highest BCUT2D eigenvalue weighted by Crippen LogP contribution is 2.23. The SMILES string of the molecule is CC(=O)O.CC(=O)c1cccc(OCC2CN(c3ccc(C(=N)N)cc3)C(=O)O2)c1. The van der Waals surface area contributed by atoms with Gasteiger partial charge in [-0.2, -0.15) is 0 Å². The molecule has 0 radical (unpaired) electrons. The number of nitrogens with two attached hydrogens (primary N) is 1. The summed E-state index contributed by atoms with van der Waals surface area (Å²) in [6, 6.07) is 13.7. The van der Waals surface area contributed by atoms with E-state index < -0.39 is 18.2 Å². The largest absolute Gasteiger partial charge is 0.490 e. The third-order valence-electron chi connectivity index (χ3n) is 4.04. The van der Waals surface area contributed by atoms with Gasteiger partial charge in [-0.1, -0.05) is 12.1 Å². The number of ether oxygens (including phenoxy) is 2. The topological polar surface area (TPSA) is 143 Å². The summed E-state index contributed by atoms with van der Waals surface area (Å²) in [6.45, 7) is 3.12. The van der Waals surface area contributed by atoms with Crippen LogP contribution in [0.4, 0.5) is 10.5 Å². The third kappa shape index (κ3) is 6.33. The second-order valence-electron chi connectivity index (χ2n) is 6.49. The maximum absolute atomic E-state index is 12.1. The van der Waals surface area contributed by atoms with Gasteiger partial charge < -0.3 is 20.3 Å². The molecule has 1 aliphatic heterocycles. The predicted octanol–water partition coefficient (Wildman–Crippen LogP) is 2.67. The Kier molecular flexibility index (Phi) is 7.51. The highest BCUT2D eigenvalue weighted by Gasteiger charge is 2.32. The molecular weight excluding hydrogens is 390 g/mol. The van der Waals surface area contributed by atoms with Crippen LogP contribution in [0.2, 0.25) is 0 Å². The maximum atomic E-state index is 12.1. The zero-order valence-corrected chi connectivity index (χ0v) is 16.6. The summed E-state index contributed by atoms with van der Waals surface area (Å²) < 4.78 is 11.0. The zero-order chi connectivity index (χ0) is 22.3. The average molecular weight is 413 g/mol. The van der Waals surface area contributed by atoms with E-state index in [0.29, 0.717) is 29.1 Å². The van der Waals surface area contributed by atoms with Crippen LogP contribution in [0.1, 0.15) is 29.8 Å². The molecule has 2 aromatic carbocycles. The van der Waals surface area contributed by atoms with E-state index in [1.807, 2.05) is 0 Å². The van der Waals surface area contributed by atoms with Gasteiger partial charge in [0.05, 0.1) is 6.54 Å². The Balaban J connectivity index is 0.000000735. The fourth-order valence-electron chi connectivity index (χ4n) is 2.63. The van der Waals surface area contributed by atoms with E-state index in [2.05, 4.69) is 0 Å². The van der Waals surface area contributed by atoms with Crippen molar-refractivity contribution in [2.45, 2.75) is 20.0 Å². The monoisotopic (exact) mass is 413 g/mol. The number of ketones is 1. The van der Waals surface area contributed by atoms with E-state index in [1.54, 1.807) is 48.5 Å². The summed E-state index contributed by atoms with van der Waals surface area (Å²) in [6.07, 6.45) is -0.873. The van der Waals surface area contributed by atoms with Crippen LogP contribution in [0, 0.1) is 5.41 Å². The molecule has 1 saturated heterocycles. The first-order valence-electron chi connectivity index (χ1n) is 9.03. The summed E-state index contributed by atoms with van der Waals surface area (Å²) in [4.78, 5) is 34.0. The van der Waals surface area contributed by atoms with E-state index in [-0.39, 0.29) is 18.2 Å². The van der Waals surface area contributed by atoms with Crippen molar-refractivity contribution in [3.63, 3.8) is 0 Å². The highest BCUT2D eigenvalue weighted by atomic mass is 16.6. The molecule has 1 atom stereocenters. The van der Waals surface area contributed by atoms with Crippen LogP contribution in [0.5, 0.6) is 5.75 Å². The Hall–Kier alpha value is -3.88. The van der Waals surface area contributed by atoms with E-state index in [4.69, 9.17) is 30.5 Å². The van der Waals surface area contributed by atoms with Gasteiger partial charge in [-0.05, 0) is 43.3 Å². The summed E-state index contributed by atoms with van der Waals surface area (Å²) in [5.74, 6) is -0.347. The Labute approximate surface area is 173 Å². The lowest BCUT2D eigenvalue weighted by Crippen LogP contribution is -2.26. The van der Waals surface area contributed by atoms with Gasteiger partial charge in [-0.25, -0.2) is 4.79 Å². The van der Waals surface area contributed by atoms with Crippen LogP contribution < -0.4 is 15.4 Å². The van der Waals surface area contributed by atoms with E-state index in [1.165, 1.54) is 11.8 Å². The van der Waals surface area contributed by atoms with Crippen molar-refractivity contribution in [2.75, 3.05) is 18.1 Å². The molecule has 0 aliphatic carbocycles. The Morgan fingerprint density at radius 3 is 2.40 bits per heavy atom. The van der Waals surface area contributed by atoms with E-state index >= 15 is 0 Å². The lowest BCUT2D eigenvalue weighted by molar-refractivity contribution is -0.134. The maximum Gasteiger partial charge on any atom is 0.414 e. The number of carbonyl (C=O) groups is 3. The standard InChI is InChI=1S/C19H19N3O4.C2H4O2/c1-12(23)14-3-2-4-16(9-14)25-11-17-10-22(19(24)26-17)15-7-5-13(6-8-15)18(20)21;1-2(3)4/h2-9,17H,10-11H2,1H3,(H3,20,21);1H3,(H,3,4). The van der Waals surface area contributed by atoms with Gasteiger partial charge in [-0.15, -0.1) is 0 Å². The van der Waals surface area contributed by atoms with Crippen LogP contribution in [-0.2, 0) is 9.53 Å². The van der Waals surface area contributed by atoms with Gasteiger partial charge in [0.25, 0.3) is 5.97 Å². The van der Waals surface area contributed by atoms with E-state index in [9.17, 15) is 9.59 Å². The number of benzene rings is 2. The summed E-state index contributed by atoms with van der Waals surface area (Å²) in [7, 11) is 0. The minimum atomic E-state index is -0.833. The number of nitrogens with one attached hydrogen (secondary N) is 1. The van der Waals surface area contributed by atoms with Gasteiger partial charge in [0.2, 0.25) is 0 Å². The van der Waals surface area contributed by atoms with Gasteiger partial charge in [0.1, 0.15) is 18.2 Å². The van der Waals surface area contributed by atoms with Crippen LogP contribution in [0.15, 0.2) is 48.5 Å². The molecule has 1 heterocycles. The molecule has 1 fully saturated rings. The predicted molar refractivity (Wildman–Crippen MR) is 110 cm³/mol. The van der Waals surface area contributed by atoms with Crippen molar-refractivity contribution in [1.82, 2.24) is 0 Å². The number of amidine groups is 1. The molecule has 9 heteroatoms. The number of amides is 1. The number of hydrogen-bond donors (Lipinski definition) is 3. The molecule has 2 aromatic rings. The van der Waals surface area contributed by atoms with Crippen molar-refractivity contribution >= 4 is 29.4 Å². The molecule has 1 aliphatic rings. The first kappa shape index (κ1) is 22.4. The number of carboxylic acid groups (broad SMARTS) is 1. The summed E-state index contributed by atoms with van der Waals surface area (Å²) in [5, 5.41) is 14.8. The van der Waals surface area contributed by atoms with Gasteiger partial charge in [0.15, 0.2) is 11.9 Å². The molecular formula is C21H23N3O6. The van der Waals surface area contributed by atoms with Crippen molar-refractivity contribution in [3.8, 4) is 5.75 Å². The molecule has 0 bridgehead atoms. The molecule has 0 spiro atoms. The smallest absolute Gasteiger partial charge is 0.414 e. The average Bonchev–Trinajstić information content (AvgIpc) is 3.07. The summed E-state index contributed by atoms with van der Waals surface area (Å²) >= 11 is 0. The van der Waals surface area contributed by atoms with Crippen LogP contribution >= 0.6 is 0 Å². The zero-order valence-electron chi connectivity index (χ0n) is 16.6. The van der Waals surface area contributed by atoms with Crippen molar-refractivity contribution < 1.29 is 29.0 Å². The fraction of sp³-hybridized carbons (Fsp3) is 0.238. The molecule has 1 amide bonds. The number of nitrogens with zero attached hydrogens (tertiary/aromatic N) is 1.